The van der Waals surface area contributed by atoms with E-state index in [0.717, 1.165) is 12.8 Å². The second-order valence-corrected chi connectivity index (χ2v) is 5.19. The van der Waals surface area contributed by atoms with Crippen molar-refractivity contribution in [3.63, 3.8) is 0 Å². The third kappa shape index (κ3) is 2.72. The van der Waals surface area contributed by atoms with E-state index in [1.54, 1.807) is 12.3 Å². The largest absolute Gasteiger partial charge is 0.339 e. The number of carbonyl (C=O) groups is 1. The zero-order valence-corrected chi connectivity index (χ0v) is 11.3. The van der Waals surface area contributed by atoms with Crippen LogP contribution in [-0.2, 0) is 0 Å². The second-order valence-electron chi connectivity index (χ2n) is 4.36. The molecule has 0 radical (unpaired) electrons. The summed E-state index contributed by atoms with van der Waals surface area (Å²) in [6, 6.07) is 2.02. The third-order valence-electron chi connectivity index (χ3n) is 2.83. The molecule has 1 N–H and O–H groups in total. The number of nitrogens with zero attached hydrogens (tertiary/aromatic N) is 3. The van der Waals surface area contributed by atoms with E-state index in [9.17, 15) is 4.79 Å². The van der Waals surface area contributed by atoms with E-state index in [-0.39, 0.29) is 11.1 Å². The van der Waals surface area contributed by atoms with E-state index in [4.69, 9.17) is 23.2 Å². The SMILES string of the molecule is O=C(Nc1cncc(Cl)n1)c1cc(Cl)cn1C1CC1. The average Bonchev–Trinajstić information content (AvgIpc) is 3.12. The van der Waals surface area contributed by atoms with Gasteiger partial charge in [0.05, 0.1) is 17.4 Å². The van der Waals surface area contributed by atoms with E-state index in [0.29, 0.717) is 22.6 Å². The predicted molar refractivity (Wildman–Crippen MR) is 72.7 cm³/mol. The Balaban J connectivity index is 1.84. The molecule has 7 heteroatoms. The van der Waals surface area contributed by atoms with Crippen LogP contribution in [0.4, 0.5) is 5.82 Å². The van der Waals surface area contributed by atoms with Gasteiger partial charge >= 0.3 is 0 Å². The average molecular weight is 297 g/mol. The van der Waals surface area contributed by atoms with Crippen molar-refractivity contribution in [3.8, 4) is 0 Å². The molecular formula is C12H10Cl2N4O. The summed E-state index contributed by atoms with van der Waals surface area (Å²) in [7, 11) is 0. The third-order valence-corrected chi connectivity index (χ3v) is 3.22. The van der Waals surface area contributed by atoms with Crippen molar-refractivity contribution < 1.29 is 4.79 Å². The molecule has 2 aromatic rings. The number of amides is 1. The topological polar surface area (TPSA) is 59.8 Å². The Morgan fingerprint density at radius 1 is 1.37 bits per heavy atom. The number of halogens is 2. The number of aromatic nitrogens is 3. The van der Waals surface area contributed by atoms with Gasteiger partial charge < -0.3 is 9.88 Å². The van der Waals surface area contributed by atoms with Gasteiger partial charge in [0.15, 0.2) is 5.82 Å². The highest BCUT2D eigenvalue weighted by atomic mass is 35.5. The van der Waals surface area contributed by atoms with Crippen LogP contribution in [-0.4, -0.2) is 20.4 Å². The summed E-state index contributed by atoms with van der Waals surface area (Å²) in [4.78, 5) is 20.0. The molecule has 0 spiro atoms. The van der Waals surface area contributed by atoms with Gasteiger partial charge in [0.25, 0.3) is 5.91 Å². The molecule has 19 heavy (non-hydrogen) atoms. The number of anilines is 1. The monoisotopic (exact) mass is 296 g/mol. The number of hydrogen-bond acceptors (Lipinski definition) is 3. The lowest BCUT2D eigenvalue weighted by atomic mass is 10.4. The van der Waals surface area contributed by atoms with Gasteiger partial charge in [-0.1, -0.05) is 23.2 Å². The first kappa shape index (κ1) is 12.4. The fourth-order valence-electron chi connectivity index (χ4n) is 1.87. The molecule has 0 aromatic carbocycles. The molecule has 0 bridgehead atoms. The Labute approximate surface area is 119 Å². The Kier molecular flexibility index (Phi) is 3.16. The van der Waals surface area contributed by atoms with Crippen molar-refractivity contribution in [2.45, 2.75) is 18.9 Å². The van der Waals surface area contributed by atoms with Crippen molar-refractivity contribution in [1.29, 1.82) is 0 Å². The molecule has 3 rings (SSSR count). The Bertz CT molecular complexity index is 636. The summed E-state index contributed by atoms with van der Waals surface area (Å²) in [5.41, 5.74) is 0.522. The molecule has 5 nitrogen and oxygen atoms in total. The molecule has 1 fully saturated rings. The highest BCUT2D eigenvalue weighted by Gasteiger charge is 2.28. The van der Waals surface area contributed by atoms with Crippen LogP contribution >= 0.6 is 23.2 Å². The highest BCUT2D eigenvalue weighted by Crippen LogP contribution is 2.37. The minimum absolute atomic E-state index is 0.230. The smallest absolute Gasteiger partial charge is 0.273 e. The molecule has 1 aliphatic carbocycles. The Hall–Kier alpha value is -1.59. The van der Waals surface area contributed by atoms with Gasteiger partial charge in [-0.3, -0.25) is 9.78 Å². The first-order valence-electron chi connectivity index (χ1n) is 5.80. The number of nitrogens with one attached hydrogen (secondary N) is 1. The van der Waals surface area contributed by atoms with E-state index in [1.807, 2.05) is 4.57 Å². The molecule has 0 saturated heterocycles. The van der Waals surface area contributed by atoms with Gasteiger partial charge in [-0.2, -0.15) is 0 Å². The maximum atomic E-state index is 12.2. The van der Waals surface area contributed by atoms with Crippen molar-refractivity contribution >= 4 is 34.9 Å². The zero-order chi connectivity index (χ0) is 13.4. The van der Waals surface area contributed by atoms with E-state index < -0.39 is 0 Å². The van der Waals surface area contributed by atoms with Gasteiger partial charge in [0.2, 0.25) is 0 Å². The van der Waals surface area contributed by atoms with Crippen LogP contribution in [0.1, 0.15) is 29.4 Å². The standard InChI is InChI=1S/C12H10Cl2N4O/c13-7-3-9(18(6-7)8-1-2-8)12(19)17-11-5-15-4-10(14)16-11/h3-6,8H,1-2H2,(H,16,17,19). The molecule has 2 heterocycles. The van der Waals surface area contributed by atoms with E-state index in [1.165, 1.54) is 12.4 Å². The lowest BCUT2D eigenvalue weighted by molar-refractivity contribution is 0.101. The van der Waals surface area contributed by atoms with Crippen LogP contribution in [0.3, 0.4) is 0 Å². The molecule has 0 aliphatic heterocycles. The summed E-state index contributed by atoms with van der Waals surface area (Å²) in [5, 5.41) is 3.44. The Morgan fingerprint density at radius 3 is 2.84 bits per heavy atom. The highest BCUT2D eigenvalue weighted by molar-refractivity contribution is 6.31. The van der Waals surface area contributed by atoms with Crippen LogP contribution in [0.2, 0.25) is 10.2 Å². The fourth-order valence-corrected chi connectivity index (χ4v) is 2.22. The van der Waals surface area contributed by atoms with Gasteiger partial charge in [-0.25, -0.2) is 4.98 Å². The normalized spacial score (nSPS) is 14.4. The summed E-state index contributed by atoms with van der Waals surface area (Å²) in [6.07, 6.45) is 6.76. The van der Waals surface area contributed by atoms with Crippen molar-refractivity contribution in [2.75, 3.05) is 5.32 Å². The first-order chi connectivity index (χ1) is 9.13. The van der Waals surface area contributed by atoms with Gasteiger partial charge in [0.1, 0.15) is 10.8 Å². The second kappa shape index (κ2) is 4.83. The number of carbonyl (C=O) groups excluding carboxylic acids is 1. The van der Waals surface area contributed by atoms with Crippen LogP contribution in [0.5, 0.6) is 0 Å². The van der Waals surface area contributed by atoms with Gasteiger partial charge in [-0.15, -0.1) is 0 Å². The van der Waals surface area contributed by atoms with Crippen molar-refractivity contribution in [1.82, 2.24) is 14.5 Å². The van der Waals surface area contributed by atoms with E-state index in [2.05, 4.69) is 15.3 Å². The van der Waals surface area contributed by atoms with Crippen LogP contribution in [0.25, 0.3) is 0 Å². The summed E-state index contributed by atoms with van der Waals surface area (Å²) < 4.78 is 1.90. The molecule has 98 valence electrons. The molecule has 1 amide bonds. The van der Waals surface area contributed by atoms with Crippen LogP contribution < -0.4 is 5.32 Å². The fraction of sp³-hybridized carbons (Fsp3) is 0.250. The summed E-state index contributed by atoms with van der Waals surface area (Å²) >= 11 is 11.7. The lowest BCUT2D eigenvalue weighted by Gasteiger charge is -2.07. The summed E-state index contributed by atoms with van der Waals surface area (Å²) in [6.45, 7) is 0. The maximum absolute atomic E-state index is 12.2. The molecule has 1 saturated carbocycles. The van der Waals surface area contributed by atoms with Gasteiger partial charge in [0, 0.05) is 12.2 Å². The number of rotatable bonds is 3. The number of hydrogen-bond donors (Lipinski definition) is 1. The minimum atomic E-state index is -0.268. The maximum Gasteiger partial charge on any atom is 0.273 e. The van der Waals surface area contributed by atoms with Crippen molar-refractivity contribution in [2.24, 2.45) is 0 Å². The van der Waals surface area contributed by atoms with Gasteiger partial charge in [-0.05, 0) is 18.9 Å². The summed E-state index contributed by atoms with van der Waals surface area (Å²) in [5.74, 6) is 0.0486. The quantitative estimate of drug-likeness (QED) is 0.946. The van der Waals surface area contributed by atoms with Crippen molar-refractivity contribution in [3.05, 3.63) is 40.5 Å². The molecular weight excluding hydrogens is 287 g/mol. The predicted octanol–water partition coefficient (Wildman–Crippen LogP) is 3.17. The van der Waals surface area contributed by atoms with Crippen LogP contribution in [0, 0.1) is 0 Å². The van der Waals surface area contributed by atoms with Crippen LogP contribution in [0.15, 0.2) is 24.7 Å². The minimum Gasteiger partial charge on any atom is -0.339 e. The first-order valence-corrected chi connectivity index (χ1v) is 6.55. The molecule has 2 aromatic heterocycles. The molecule has 1 aliphatic rings. The molecule has 0 unspecified atom stereocenters. The lowest BCUT2D eigenvalue weighted by Crippen LogP contribution is -2.17. The zero-order valence-electron chi connectivity index (χ0n) is 9.81. The molecule has 0 atom stereocenters. The Morgan fingerprint density at radius 2 is 2.16 bits per heavy atom. The van der Waals surface area contributed by atoms with E-state index >= 15 is 0 Å².